The van der Waals surface area contributed by atoms with E-state index in [0.717, 1.165) is 25.8 Å². The van der Waals surface area contributed by atoms with E-state index >= 15 is 0 Å². The molecule has 0 amide bonds. The van der Waals surface area contributed by atoms with Crippen LogP contribution in [0.1, 0.15) is 12.7 Å². The van der Waals surface area contributed by atoms with Crippen molar-refractivity contribution >= 4 is 79.1 Å². The molecule has 0 aliphatic heterocycles. The summed E-state index contributed by atoms with van der Waals surface area (Å²) in [6.45, 7) is 6.59. The van der Waals surface area contributed by atoms with Crippen molar-refractivity contribution in [2.75, 3.05) is 11.5 Å². The number of imidazole rings is 1. The first-order chi connectivity index (χ1) is 11.2. The third kappa shape index (κ3) is 9.91. The van der Waals surface area contributed by atoms with Crippen LogP contribution in [0.2, 0.25) is 0 Å². The third-order valence-corrected chi connectivity index (χ3v) is 3.60. The zero-order valence-corrected chi connectivity index (χ0v) is 19.1. The summed E-state index contributed by atoms with van der Waals surface area (Å²) in [5, 5.41) is 7.86. The van der Waals surface area contributed by atoms with Gasteiger partial charge in [0.25, 0.3) is 0 Å². The SMILES string of the molecule is C=C(C)O.Cc1nc2ccc(Br)cc2[nH]1.Cl.Cl.Nc1ccc(Br)cc1N. The number of allylic oxidation sites excluding steroid dienone is 1. The number of aliphatic hydroxyl groups is 1. The minimum absolute atomic E-state index is 0. The quantitative estimate of drug-likeness (QED) is 0.207. The van der Waals surface area contributed by atoms with Gasteiger partial charge in [0.2, 0.25) is 0 Å². The number of halogens is 4. The van der Waals surface area contributed by atoms with E-state index in [4.69, 9.17) is 16.6 Å². The van der Waals surface area contributed by atoms with Gasteiger partial charge in [-0.15, -0.1) is 24.8 Å². The maximum atomic E-state index is 7.86. The summed E-state index contributed by atoms with van der Waals surface area (Å²) < 4.78 is 2.03. The van der Waals surface area contributed by atoms with Crippen molar-refractivity contribution in [1.29, 1.82) is 0 Å². The van der Waals surface area contributed by atoms with E-state index in [1.807, 2.05) is 31.2 Å². The molecule has 144 valence electrons. The maximum Gasteiger partial charge on any atom is 0.104 e. The molecule has 9 heteroatoms. The van der Waals surface area contributed by atoms with Crippen LogP contribution in [0.5, 0.6) is 0 Å². The highest BCUT2D eigenvalue weighted by molar-refractivity contribution is 9.10. The molecule has 1 heterocycles. The number of aromatic amines is 1. The second-order valence-corrected chi connectivity index (χ2v) is 6.82. The zero-order chi connectivity index (χ0) is 18.3. The summed E-state index contributed by atoms with van der Waals surface area (Å²) in [6.07, 6.45) is 0. The molecule has 26 heavy (non-hydrogen) atoms. The smallest absolute Gasteiger partial charge is 0.104 e. The summed E-state index contributed by atoms with van der Waals surface area (Å²) in [6, 6.07) is 11.4. The molecule has 1 aromatic heterocycles. The van der Waals surface area contributed by atoms with Gasteiger partial charge in [0.05, 0.1) is 28.2 Å². The predicted octanol–water partition coefficient (Wildman–Crippen LogP) is 6.17. The van der Waals surface area contributed by atoms with Crippen LogP contribution in [0.3, 0.4) is 0 Å². The highest BCUT2D eigenvalue weighted by atomic mass is 79.9. The number of aromatic nitrogens is 2. The van der Waals surface area contributed by atoms with Crippen molar-refractivity contribution in [3.8, 4) is 0 Å². The number of anilines is 2. The molecule has 0 spiro atoms. The van der Waals surface area contributed by atoms with E-state index in [-0.39, 0.29) is 30.6 Å². The van der Waals surface area contributed by atoms with Gasteiger partial charge in [0, 0.05) is 8.95 Å². The van der Waals surface area contributed by atoms with Gasteiger partial charge < -0.3 is 21.6 Å². The van der Waals surface area contributed by atoms with Crippen molar-refractivity contribution in [3.05, 3.63) is 63.5 Å². The van der Waals surface area contributed by atoms with Crippen LogP contribution in [0.4, 0.5) is 11.4 Å². The van der Waals surface area contributed by atoms with Crippen molar-refractivity contribution in [2.45, 2.75) is 13.8 Å². The average Bonchev–Trinajstić information content (AvgIpc) is 2.82. The Kier molecular flexibility index (Phi) is 13.3. The van der Waals surface area contributed by atoms with E-state index in [1.165, 1.54) is 6.92 Å². The molecular weight excluding hydrogens is 507 g/mol. The number of nitrogen functional groups attached to an aromatic ring is 2. The van der Waals surface area contributed by atoms with Gasteiger partial charge in [-0.3, -0.25) is 0 Å². The molecule has 0 atom stereocenters. The molecule has 5 nitrogen and oxygen atoms in total. The second kappa shape index (κ2) is 12.9. The first kappa shape index (κ1) is 26.8. The molecule has 0 saturated carbocycles. The lowest BCUT2D eigenvalue weighted by atomic mass is 10.3. The van der Waals surface area contributed by atoms with E-state index in [2.05, 4.69) is 48.4 Å². The fourth-order valence-electron chi connectivity index (χ4n) is 1.66. The van der Waals surface area contributed by atoms with E-state index in [1.54, 1.807) is 12.1 Å². The number of aliphatic hydroxyl groups excluding tert-OH is 1. The van der Waals surface area contributed by atoms with E-state index in [9.17, 15) is 0 Å². The Morgan fingerprint density at radius 3 is 2.04 bits per heavy atom. The van der Waals surface area contributed by atoms with Crippen LogP contribution < -0.4 is 11.5 Å². The van der Waals surface area contributed by atoms with Crippen molar-refractivity contribution in [1.82, 2.24) is 9.97 Å². The fraction of sp³-hybridized carbons (Fsp3) is 0.118. The summed E-state index contributed by atoms with van der Waals surface area (Å²) >= 11 is 6.65. The molecule has 3 rings (SSSR count). The van der Waals surface area contributed by atoms with E-state index in [0.29, 0.717) is 11.4 Å². The van der Waals surface area contributed by atoms with Crippen LogP contribution in [-0.2, 0) is 0 Å². The lowest BCUT2D eigenvalue weighted by Gasteiger charge is -1.97. The molecule has 2 aromatic carbocycles. The highest BCUT2D eigenvalue weighted by Crippen LogP contribution is 2.19. The molecule has 0 aliphatic carbocycles. The Hall–Kier alpha value is -1.41. The molecule has 0 radical (unpaired) electrons. The summed E-state index contributed by atoms with van der Waals surface area (Å²) in [5.41, 5.74) is 14.2. The molecule has 0 unspecified atom stereocenters. The van der Waals surface area contributed by atoms with Crippen LogP contribution in [0, 0.1) is 6.92 Å². The van der Waals surface area contributed by atoms with Crippen LogP contribution >= 0.6 is 56.7 Å². The first-order valence-electron chi connectivity index (χ1n) is 6.96. The van der Waals surface area contributed by atoms with Gasteiger partial charge in [0.15, 0.2) is 0 Å². The summed E-state index contributed by atoms with van der Waals surface area (Å²) in [5.74, 6) is 1.12. The molecular formula is C17H22Br2Cl2N4O. The number of rotatable bonds is 0. The number of aryl methyl sites for hydroxylation is 1. The lowest BCUT2D eigenvalue weighted by Crippen LogP contribution is -1.92. The normalized spacial score (nSPS) is 8.77. The molecule has 0 aliphatic rings. The second-order valence-electron chi connectivity index (χ2n) is 4.99. The minimum atomic E-state index is 0. The van der Waals surface area contributed by atoms with Crippen molar-refractivity contribution < 1.29 is 5.11 Å². The topological polar surface area (TPSA) is 101 Å². The number of hydrogen-bond donors (Lipinski definition) is 4. The van der Waals surface area contributed by atoms with Gasteiger partial charge in [-0.1, -0.05) is 38.4 Å². The van der Waals surface area contributed by atoms with Crippen LogP contribution in [-0.4, -0.2) is 15.1 Å². The first-order valence-corrected chi connectivity index (χ1v) is 8.54. The summed E-state index contributed by atoms with van der Waals surface area (Å²) in [4.78, 5) is 7.44. The van der Waals surface area contributed by atoms with Crippen LogP contribution in [0.25, 0.3) is 11.0 Å². The summed E-state index contributed by atoms with van der Waals surface area (Å²) in [7, 11) is 0. The largest absolute Gasteiger partial charge is 0.513 e. The van der Waals surface area contributed by atoms with Crippen LogP contribution in [0.15, 0.2) is 57.7 Å². The fourth-order valence-corrected chi connectivity index (χ4v) is 2.39. The lowest BCUT2D eigenvalue weighted by molar-refractivity contribution is 0.417. The standard InChI is InChI=1S/C8H7BrN2.C6H7BrN2.C3H6O.2ClH/c1-5-10-7-3-2-6(9)4-8(7)11-5;7-4-1-2-5(8)6(9)3-4;1-3(2)4;;/h2-4H,1H3,(H,10,11);1-3H,8-9H2;4H,1H2,2H3;2*1H. The van der Waals surface area contributed by atoms with Gasteiger partial charge >= 0.3 is 0 Å². The Morgan fingerprint density at radius 2 is 1.54 bits per heavy atom. The number of fused-ring (bicyclic) bond motifs is 1. The third-order valence-electron chi connectivity index (χ3n) is 2.61. The molecule has 3 aromatic rings. The Labute approximate surface area is 182 Å². The van der Waals surface area contributed by atoms with Gasteiger partial charge in [-0.2, -0.15) is 0 Å². The Morgan fingerprint density at radius 1 is 1.04 bits per heavy atom. The van der Waals surface area contributed by atoms with Crippen molar-refractivity contribution in [3.63, 3.8) is 0 Å². The zero-order valence-electron chi connectivity index (χ0n) is 14.3. The maximum absolute atomic E-state index is 7.86. The molecule has 0 fully saturated rings. The average molecular weight is 529 g/mol. The highest BCUT2D eigenvalue weighted by Gasteiger charge is 1.97. The Balaban J connectivity index is 0. The Bertz CT molecular complexity index is 837. The number of H-pyrrole nitrogens is 1. The number of nitrogens with zero attached hydrogens (tertiary/aromatic N) is 1. The number of hydrogen-bond acceptors (Lipinski definition) is 4. The number of nitrogens with two attached hydrogens (primary N) is 2. The predicted molar refractivity (Wildman–Crippen MR) is 123 cm³/mol. The van der Waals surface area contributed by atoms with Crippen molar-refractivity contribution in [2.24, 2.45) is 0 Å². The van der Waals surface area contributed by atoms with Gasteiger partial charge in [-0.25, -0.2) is 4.98 Å². The molecule has 0 saturated heterocycles. The van der Waals surface area contributed by atoms with Gasteiger partial charge in [0.1, 0.15) is 5.82 Å². The molecule has 6 N–H and O–H groups in total. The van der Waals surface area contributed by atoms with Gasteiger partial charge in [-0.05, 0) is 50.2 Å². The minimum Gasteiger partial charge on any atom is -0.513 e. The van der Waals surface area contributed by atoms with E-state index < -0.39 is 0 Å². The number of benzene rings is 2. The monoisotopic (exact) mass is 526 g/mol. The number of nitrogens with one attached hydrogen (secondary N) is 1. The molecule has 0 bridgehead atoms.